The summed E-state index contributed by atoms with van der Waals surface area (Å²) in [6, 6.07) is 4.21. The molecule has 162 valence electrons. The summed E-state index contributed by atoms with van der Waals surface area (Å²) in [4.78, 5) is 14.5. The highest BCUT2D eigenvalue weighted by molar-refractivity contribution is 7.89. The quantitative estimate of drug-likeness (QED) is 0.704. The number of nitrogens with one attached hydrogen (secondary N) is 2. The number of carbonyl (C=O) groups is 1. The standard InChI is InChI=1S/C21H32FN3O3S/c1-16(24-29(27,28)20-10-6-5-9-19(20)22)21(26)23-18-11-13-25(14-12-18)15-17-7-3-2-4-8-17/h5-6,9-10,16-18,24H,2-4,7-8,11-15H2,1H3,(H,23,26)/t16-/m0/s1. The molecule has 6 nitrogen and oxygen atoms in total. The Morgan fingerprint density at radius 1 is 1.14 bits per heavy atom. The van der Waals surface area contributed by atoms with Crippen LogP contribution in [0.25, 0.3) is 0 Å². The lowest BCUT2D eigenvalue weighted by atomic mass is 9.88. The normalized spacial score (nSPS) is 21.0. The molecular formula is C21H32FN3O3S. The summed E-state index contributed by atoms with van der Waals surface area (Å²) in [7, 11) is -4.10. The zero-order chi connectivity index (χ0) is 20.9. The minimum absolute atomic E-state index is 0.0468. The molecule has 1 atom stereocenters. The molecule has 8 heteroatoms. The van der Waals surface area contributed by atoms with Gasteiger partial charge < -0.3 is 10.2 Å². The molecule has 29 heavy (non-hydrogen) atoms. The molecule has 2 N–H and O–H groups in total. The van der Waals surface area contributed by atoms with Crippen LogP contribution in [0, 0.1) is 11.7 Å². The Kier molecular flexibility index (Phi) is 7.65. The van der Waals surface area contributed by atoms with E-state index in [1.165, 1.54) is 57.2 Å². The first-order valence-electron chi connectivity index (χ1n) is 10.6. The first kappa shape index (κ1) is 22.2. The van der Waals surface area contributed by atoms with Crippen molar-refractivity contribution in [2.75, 3.05) is 19.6 Å². The van der Waals surface area contributed by atoms with Gasteiger partial charge in [0.05, 0.1) is 6.04 Å². The number of sulfonamides is 1. The molecule has 2 aliphatic rings. The number of amides is 1. The van der Waals surface area contributed by atoms with Gasteiger partial charge in [0.2, 0.25) is 15.9 Å². The summed E-state index contributed by atoms with van der Waals surface area (Å²) in [6.07, 6.45) is 8.45. The minimum Gasteiger partial charge on any atom is -0.352 e. The fourth-order valence-electron chi connectivity index (χ4n) is 4.33. The minimum atomic E-state index is -4.10. The first-order chi connectivity index (χ1) is 13.8. The molecule has 1 aromatic rings. The Bertz CT molecular complexity index is 788. The maximum Gasteiger partial charge on any atom is 0.244 e. The molecule has 0 radical (unpaired) electrons. The molecule has 0 aromatic heterocycles. The maximum atomic E-state index is 13.8. The molecular weight excluding hydrogens is 393 g/mol. The summed E-state index contributed by atoms with van der Waals surface area (Å²) >= 11 is 0. The third kappa shape index (κ3) is 6.23. The third-order valence-electron chi connectivity index (χ3n) is 6.03. The monoisotopic (exact) mass is 425 g/mol. The average Bonchev–Trinajstić information content (AvgIpc) is 2.70. The van der Waals surface area contributed by atoms with Crippen LogP contribution in [-0.4, -0.2) is 50.9 Å². The lowest BCUT2D eigenvalue weighted by Crippen LogP contribution is -2.51. The molecule has 1 aliphatic carbocycles. The highest BCUT2D eigenvalue weighted by Crippen LogP contribution is 2.25. The van der Waals surface area contributed by atoms with Crippen LogP contribution in [0.3, 0.4) is 0 Å². The Labute approximate surface area is 173 Å². The number of piperidine rings is 1. The van der Waals surface area contributed by atoms with E-state index in [-0.39, 0.29) is 11.9 Å². The fourth-order valence-corrected chi connectivity index (χ4v) is 5.62. The Balaban J connectivity index is 1.45. The summed E-state index contributed by atoms with van der Waals surface area (Å²) in [5.74, 6) is -0.406. The summed E-state index contributed by atoms with van der Waals surface area (Å²) < 4.78 is 40.8. The van der Waals surface area contributed by atoms with Gasteiger partial charge in [-0.1, -0.05) is 31.4 Å². The largest absolute Gasteiger partial charge is 0.352 e. The molecule has 3 rings (SSSR count). The van der Waals surface area contributed by atoms with E-state index in [9.17, 15) is 17.6 Å². The Hall–Kier alpha value is -1.51. The third-order valence-corrected chi connectivity index (χ3v) is 7.60. The number of rotatable bonds is 7. The lowest BCUT2D eigenvalue weighted by molar-refractivity contribution is -0.123. The van der Waals surface area contributed by atoms with E-state index >= 15 is 0 Å². The van der Waals surface area contributed by atoms with Crippen LogP contribution in [0.15, 0.2) is 29.2 Å². The zero-order valence-corrected chi connectivity index (χ0v) is 17.9. The van der Waals surface area contributed by atoms with Gasteiger partial charge in [-0.25, -0.2) is 12.8 Å². The predicted molar refractivity (Wildman–Crippen MR) is 110 cm³/mol. The van der Waals surface area contributed by atoms with E-state index in [1.807, 2.05) is 0 Å². The average molecular weight is 426 g/mol. The van der Waals surface area contributed by atoms with Crippen LogP contribution in [0.4, 0.5) is 4.39 Å². The second-order valence-corrected chi connectivity index (χ2v) is 10.0. The van der Waals surface area contributed by atoms with E-state index in [4.69, 9.17) is 0 Å². The van der Waals surface area contributed by atoms with Crippen molar-refractivity contribution in [3.63, 3.8) is 0 Å². The highest BCUT2D eigenvalue weighted by Gasteiger charge is 2.28. The van der Waals surface area contributed by atoms with Crippen molar-refractivity contribution in [1.29, 1.82) is 0 Å². The number of carbonyl (C=O) groups excluding carboxylic acids is 1. The highest BCUT2D eigenvalue weighted by atomic mass is 32.2. The van der Waals surface area contributed by atoms with Gasteiger partial charge in [0, 0.05) is 25.7 Å². The van der Waals surface area contributed by atoms with Crippen molar-refractivity contribution in [1.82, 2.24) is 14.9 Å². The second-order valence-electron chi connectivity index (χ2n) is 8.36. The van der Waals surface area contributed by atoms with Crippen molar-refractivity contribution < 1.29 is 17.6 Å². The van der Waals surface area contributed by atoms with Crippen molar-refractivity contribution >= 4 is 15.9 Å². The van der Waals surface area contributed by atoms with Gasteiger partial charge in [-0.15, -0.1) is 0 Å². The van der Waals surface area contributed by atoms with Gasteiger partial charge in [0.25, 0.3) is 0 Å². The van der Waals surface area contributed by atoms with Crippen molar-refractivity contribution in [3.8, 4) is 0 Å². The SMILES string of the molecule is C[C@H](NS(=O)(=O)c1ccccc1F)C(=O)NC1CCN(CC2CCCCC2)CC1. The van der Waals surface area contributed by atoms with Gasteiger partial charge >= 0.3 is 0 Å². The van der Waals surface area contributed by atoms with E-state index in [0.29, 0.717) is 0 Å². The first-order valence-corrected chi connectivity index (χ1v) is 12.1. The number of nitrogens with zero attached hydrogens (tertiary/aromatic N) is 1. The molecule has 1 heterocycles. The number of likely N-dealkylation sites (tertiary alicyclic amines) is 1. The summed E-state index contributed by atoms with van der Waals surface area (Å²) in [6.45, 7) is 4.54. The Morgan fingerprint density at radius 3 is 2.45 bits per heavy atom. The topological polar surface area (TPSA) is 78.5 Å². The van der Waals surface area contributed by atoms with Gasteiger partial charge in [-0.3, -0.25) is 4.79 Å². The molecule has 0 spiro atoms. The van der Waals surface area contributed by atoms with E-state index in [0.717, 1.165) is 44.5 Å². The molecule has 1 aromatic carbocycles. The summed E-state index contributed by atoms with van der Waals surface area (Å²) in [5, 5.41) is 2.95. The van der Waals surface area contributed by atoms with Crippen LogP contribution in [0.5, 0.6) is 0 Å². The number of hydrogen-bond donors (Lipinski definition) is 2. The van der Waals surface area contributed by atoms with Gasteiger partial charge in [-0.05, 0) is 50.7 Å². The van der Waals surface area contributed by atoms with Crippen LogP contribution in [0.1, 0.15) is 51.9 Å². The molecule has 2 fully saturated rings. The number of halogens is 1. The van der Waals surface area contributed by atoms with Crippen molar-refractivity contribution in [2.24, 2.45) is 5.92 Å². The zero-order valence-electron chi connectivity index (χ0n) is 17.1. The fraction of sp³-hybridized carbons (Fsp3) is 0.667. The van der Waals surface area contributed by atoms with Crippen LogP contribution >= 0.6 is 0 Å². The van der Waals surface area contributed by atoms with Gasteiger partial charge in [0.1, 0.15) is 10.7 Å². The van der Waals surface area contributed by atoms with Crippen LogP contribution in [-0.2, 0) is 14.8 Å². The lowest BCUT2D eigenvalue weighted by Gasteiger charge is -2.35. The van der Waals surface area contributed by atoms with E-state index < -0.39 is 26.8 Å². The molecule has 1 saturated carbocycles. The molecule has 1 saturated heterocycles. The van der Waals surface area contributed by atoms with Crippen LogP contribution < -0.4 is 10.0 Å². The molecule has 0 bridgehead atoms. The van der Waals surface area contributed by atoms with E-state index in [1.54, 1.807) is 0 Å². The predicted octanol–water partition coefficient (Wildman–Crippen LogP) is 2.65. The van der Waals surface area contributed by atoms with E-state index in [2.05, 4.69) is 14.9 Å². The smallest absolute Gasteiger partial charge is 0.244 e. The molecule has 0 unspecified atom stereocenters. The van der Waals surface area contributed by atoms with Gasteiger partial charge in [-0.2, -0.15) is 4.72 Å². The van der Waals surface area contributed by atoms with Crippen LogP contribution in [0.2, 0.25) is 0 Å². The van der Waals surface area contributed by atoms with Crippen molar-refractivity contribution in [2.45, 2.75) is 68.8 Å². The Morgan fingerprint density at radius 2 is 1.79 bits per heavy atom. The molecule has 1 aliphatic heterocycles. The maximum absolute atomic E-state index is 13.8. The number of hydrogen-bond acceptors (Lipinski definition) is 4. The molecule has 1 amide bonds. The second kappa shape index (κ2) is 10.00. The van der Waals surface area contributed by atoms with Gasteiger partial charge in [0.15, 0.2) is 0 Å². The number of benzene rings is 1. The van der Waals surface area contributed by atoms with Crippen molar-refractivity contribution in [3.05, 3.63) is 30.1 Å². The summed E-state index contributed by atoms with van der Waals surface area (Å²) in [5.41, 5.74) is 0.